The highest BCUT2D eigenvalue weighted by molar-refractivity contribution is 5.79. The summed E-state index contributed by atoms with van der Waals surface area (Å²) in [6.45, 7) is 9.10. The second kappa shape index (κ2) is 11.5. The number of nitrogens with one attached hydrogen (secondary N) is 2. The lowest BCUT2D eigenvalue weighted by Crippen LogP contribution is -2.43. The van der Waals surface area contributed by atoms with Crippen molar-refractivity contribution in [3.8, 4) is 5.75 Å². The number of primary amides is 1. The highest BCUT2D eigenvalue weighted by atomic mass is 16.5. The minimum atomic E-state index is -0.170. The van der Waals surface area contributed by atoms with Gasteiger partial charge in [0.25, 0.3) is 0 Å². The monoisotopic (exact) mass is 389 g/mol. The number of likely N-dealkylation sites (tertiary alicyclic amines) is 1. The first-order valence-corrected chi connectivity index (χ1v) is 10.2. The highest BCUT2D eigenvalue weighted by Gasteiger charge is 2.23. The molecule has 156 valence electrons. The van der Waals surface area contributed by atoms with Gasteiger partial charge < -0.3 is 26.0 Å². The predicted molar refractivity (Wildman–Crippen MR) is 114 cm³/mol. The van der Waals surface area contributed by atoms with Gasteiger partial charge in [-0.3, -0.25) is 4.79 Å². The molecule has 1 aliphatic heterocycles. The van der Waals surface area contributed by atoms with E-state index in [0.29, 0.717) is 6.54 Å². The lowest BCUT2D eigenvalue weighted by atomic mass is 9.97. The lowest BCUT2D eigenvalue weighted by Gasteiger charge is -2.31. The van der Waals surface area contributed by atoms with E-state index in [4.69, 9.17) is 10.5 Å². The summed E-state index contributed by atoms with van der Waals surface area (Å²) < 4.78 is 5.46. The maximum atomic E-state index is 11.4. The van der Waals surface area contributed by atoms with Crippen molar-refractivity contribution in [2.45, 2.75) is 39.7 Å². The molecule has 1 fully saturated rings. The van der Waals surface area contributed by atoms with Crippen molar-refractivity contribution in [3.63, 3.8) is 0 Å². The van der Waals surface area contributed by atoms with Crippen molar-refractivity contribution in [2.24, 2.45) is 16.6 Å². The van der Waals surface area contributed by atoms with E-state index >= 15 is 0 Å². The molecule has 1 unspecified atom stereocenters. The Morgan fingerprint density at radius 2 is 2.21 bits per heavy atom. The number of hydrogen-bond donors (Lipinski definition) is 3. The molecule has 1 saturated heterocycles. The average Bonchev–Trinajstić information content (AvgIpc) is 2.70. The Kier molecular flexibility index (Phi) is 9.07. The number of carbonyl (C=O) groups is 1. The van der Waals surface area contributed by atoms with E-state index in [-0.39, 0.29) is 11.8 Å². The summed E-state index contributed by atoms with van der Waals surface area (Å²) in [5.41, 5.74) is 7.69. The molecule has 0 aromatic heterocycles. The van der Waals surface area contributed by atoms with Crippen LogP contribution in [0.5, 0.6) is 5.75 Å². The molecule has 1 amide bonds. The first-order valence-electron chi connectivity index (χ1n) is 10.2. The number of methoxy groups -OCH3 is 1. The largest absolute Gasteiger partial charge is 0.496 e. The van der Waals surface area contributed by atoms with Crippen molar-refractivity contribution in [1.82, 2.24) is 15.5 Å². The molecule has 0 spiro atoms. The number of guanidine groups is 1. The summed E-state index contributed by atoms with van der Waals surface area (Å²) in [4.78, 5) is 18.4. The minimum absolute atomic E-state index is 0.00470. The highest BCUT2D eigenvalue weighted by Crippen LogP contribution is 2.20. The van der Waals surface area contributed by atoms with Gasteiger partial charge in [-0.2, -0.15) is 0 Å². The number of nitrogens with zero attached hydrogens (tertiary/aromatic N) is 2. The zero-order chi connectivity index (χ0) is 20.4. The smallest absolute Gasteiger partial charge is 0.221 e. The fraction of sp³-hybridized carbons (Fsp3) is 0.619. The van der Waals surface area contributed by atoms with Crippen LogP contribution < -0.4 is 21.1 Å². The number of amides is 1. The SMILES string of the molecule is CCNC(=NCc1ccc(C)cc1OC)NCCCN1CCCC(C(N)=O)C1. The van der Waals surface area contributed by atoms with Crippen molar-refractivity contribution in [3.05, 3.63) is 29.3 Å². The number of rotatable bonds is 9. The third-order valence-corrected chi connectivity index (χ3v) is 5.05. The molecule has 0 bridgehead atoms. The van der Waals surface area contributed by atoms with Crippen molar-refractivity contribution >= 4 is 11.9 Å². The summed E-state index contributed by atoms with van der Waals surface area (Å²) in [5, 5.41) is 6.68. The van der Waals surface area contributed by atoms with Crippen LogP contribution in [0.1, 0.15) is 37.3 Å². The summed E-state index contributed by atoms with van der Waals surface area (Å²) >= 11 is 0. The lowest BCUT2D eigenvalue weighted by molar-refractivity contribution is -0.123. The van der Waals surface area contributed by atoms with Crippen LogP contribution in [0.15, 0.2) is 23.2 Å². The number of aliphatic imine (C=N–C) groups is 1. The van der Waals surface area contributed by atoms with Gasteiger partial charge in [0.2, 0.25) is 5.91 Å². The van der Waals surface area contributed by atoms with E-state index in [1.54, 1.807) is 7.11 Å². The number of benzene rings is 1. The van der Waals surface area contributed by atoms with E-state index in [1.165, 1.54) is 5.56 Å². The molecule has 0 aliphatic carbocycles. The Balaban J connectivity index is 1.81. The molecule has 0 saturated carbocycles. The molecule has 1 heterocycles. The van der Waals surface area contributed by atoms with Gasteiger partial charge in [0.05, 0.1) is 19.6 Å². The molecule has 28 heavy (non-hydrogen) atoms. The van der Waals surface area contributed by atoms with Gasteiger partial charge in [0.15, 0.2) is 5.96 Å². The predicted octanol–water partition coefficient (Wildman–Crippen LogP) is 1.65. The first-order chi connectivity index (χ1) is 13.5. The Bertz CT molecular complexity index is 662. The minimum Gasteiger partial charge on any atom is -0.496 e. The second-order valence-electron chi connectivity index (χ2n) is 7.33. The summed E-state index contributed by atoms with van der Waals surface area (Å²) in [5.74, 6) is 1.51. The molecule has 4 N–H and O–H groups in total. The molecule has 1 aromatic carbocycles. The molecule has 1 aromatic rings. The zero-order valence-corrected chi connectivity index (χ0v) is 17.5. The quantitative estimate of drug-likeness (QED) is 0.339. The Labute approximate surface area is 168 Å². The maximum Gasteiger partial charge on any atom is 0.221 e. The fourth-order valence-corrected chi connectivity index (χ4v) is 3.49. The average molecular weight is 390 g/mol. The van der Waals surface area contributed by atoms with E-state index in [9.17, 15) is 4.79 Å². The van der Waals surface area contributed by atoms with Crippen molar-refractivity contribution in [2.75, 3.05) is 39.8 Å². The molecule has 0 radical (unpaired) electrons. The van der Waals surface area contributed by atoms with Crippen LogP contribution in [0.2, 0.25) is 0 Å². The van der Waals surface area contributed by atoms with Crippen LogP contribution in [-0.2, 0) is 11.3 Å². The number of aryl methyl sites for hydroxylation is 1. The number of nitrogens with two attached hydrogens (primary N) is 1. The van der Waals surface area contributed by atoms with Crippen molar-refractivity contribution in [1.29, 1.82) is 0 Å². The molecule has 7 nitrogen and oxygen atoms in total. The standard InChI is InChI=1S/C21H35N5O2/c1-4-23-21(25-14-17-9-8-16(2)13-19(17)28-3)24-10-6-12-26-11-5-7-18(15-26)20(22)27/h8-9,13,18H,4-7,10-12,14-15H2,1-3H3,(H2,22,27)(H2,23,24,25). The van der Waals surface area contributed by atoms with E-state index in [0.717, 1.165) is 69.3 Å². The van der Waals surface area contributed by atoms with Crippen molar-refractivity contribution < 1.29 is 9.53 Å². The van der Waals surface area contributed by atoms with Crippen LogP contribution in [0.4, 0.5) is 0 Å². The topological polar surface area (TPSA) is 92.0 Å². The fourth-order valence-electron chi connectivity index (χ4n) is 3.49. The van der Waals surface area contributed by atoms with Gasteiger partial charge in [0, 0.05) is 25.2 Å². The van der Waals surface area contributed by atoms with E-state index in [2.05, 4.69) is 46.5 Å². The van der Waals surface area contributed by atoms with Crippen LogP contribution in [-0.4, -0.2) is 56.6 Å². The normalized spacial score (nSPS) is 18.0. The third kappa shape index (κ3) is 7.03. The molecule has 7 heteroatoms. The molecular formula is C21H35N5O2. The van der Waals surface area contributed by atoms with Gasteiger partial charge in [-0.1, -0.05) is 12.1 Å². The molecular weight excluding hydrogens is 354 g/mol. The number of ether oxygens (including phenoxy) is 1. The van der Waals surface area contributed by atoms with E-state index < -0.39 is 0 Å². The Hall–Kier alpha value is -2.28. The number of piperidine rings is 1. The van der Waals surface area contributed by atoms with Crippen LogP contribution in [0.25, 0.3) is 0 Å². The van der Waals surface area contributed by atoms with E-state index in [1.807, 2.05) is 6.07 Å². The number of hydrogen-bond acceptors (Lipinski definition) is 4. The summed E-state index contributed by atoms with van der Waals surface area (Å²) in [6.07, 6.45) is 2.96. The van der Waals surface area contributed by atoms with Gasteiger partial charge in [-0.25, -0.2) is 4.99 Å². The van der Waals surface area contributed by atoms with Gasteiger partial charge in [0.1, 0.15) is 5.75 Å². The van der Waals surface area contributed by atoms with Crippen LogP contribution in [0, 0.1) is 12.8 Å². The molecule has 2 rings (SSSR count). The van der Waals surface area contributed by atoms with Gasteiger partial charge in [-0.15, -0.1) is 0 Å². The van der Waals surface area contributed by atoms with Crippen LogP contribution >= 0.6 is 0 Å². The Morgan fingerprint density at radius 3 is 2.93 bits per heavy atom. The Morgan fingerprint density at radius 1 is 1.39 bits per heavy atom. The van der Waals surface area contributed by atoms with Crippen LogP contribution in [0.3, 0.4) is 0 Å². The zero-order valence-electron chi connectivity index (χ0n) is 17.5. The first kappa shape index (κ1) is 22.0. The molecule has 1 atom stereocenters. The molecule has 1 aliphatic rings. The second-order valence-corrected chi connectivity index (χ2v) is 7.33. The van der Waals surface area contributed by atoms with Gasteiger partial charge in [-0.05, 0) is 57.8 Å². The third-order valence-electron chi connectivity index (χ3n) is 5.05. The summed E-state index contributed by atoms with van der Waals surface area (Å²) in [7, 11) is 1.69. The maximum absolute atomic E-state index is 11.4. The number of carbonyl (C=O) groups excluding carboxylic acids is 1. The van der Waals surface area contributed by atoms with Gasteiger partial charge >= 0.3 is 0 Å². The summed E-state index contributed by atoms with van der Waals surface area (Å²) in [6, 6.07) is 6.17.